The van der Waals surface area contributed by atoms with E-state index in [4.69, 9.17) is 5.11 Å². The predicted octanol–water partition coefficient (Wildman–Crippen LogP) is 5.57. The van der Waals surface area contributed by atoms with Crippen LogP contribution < -0.4 is 0 Å². The normalized spacial score (nSPS) is 22.0. The first kappa shape index (κ1) is 17.4. The van der Waals surface area contributed by atoms with Crippen LogP contribution in [-0.2, 0) is 0 Å². The second-order valence-electron chi connectivity index (χ2n) is 6.64. The molecule has 3 heteroatoms. The third-order valence-corrected chi connectivity index (χ3v) is 5.04. The smallest absolute Gasteiger partial charge is 0.162 e. The van der Waals surface area contributed by atoms with E-state index in [0.29, 0.717) is 12.2 Å². The zero-order valence-corrected chi connectivity index (χ0v) is 13.4. The van der Waals surface area contributed by atoms with Crippen LogP contribution in [0.4, 0.5) is 8.78 Å². The minimum Gasteiger partial charge on any atom is -0.396 e. The quantitative estimate of drug-likeness (QED) is 0.622. The number of hydrogen-bond acceptors (Lipinski definition) is 1. The molecule has 0 aromatic heterocycles. The van der Waals surface area contributed by atoms with Gasteiger partial charge in [0.15, 0.2) is 11.6 Å². The summed E-state index contributed by atoms with van der Waals surface area (Å²) in [4.78, 5) is 0. The summed E-state index contributed by atoms with van der Waals surface area (Å²) in [5.41, 5.74) is 0.572. The van der Waals surface area contributed by atoms with Crippen LogP contribution in [0.2, 0.25) is 0 Å². The molecule has 1 aromatic rings. The molecule has 1 aromatic carbocycles. The summed E-state index contributed by atoms with van der Waals surface area (Å²) in [6, 6.07) is 4.55. The van der Waals surface area contributed by atoms with Crippen molar-refractivity contribution < 1.29 is 13.9 Å². The van der Waals surface area contributed by atoms with Gasteiger partial charge < -0.3 is 5.11 Å². The number of benzene rings is 1. The zero-order valence-electron chi connectivity index (χ0n) is 13.4. The lowest BCUT2D eigenvalue weighted by atomic mass is 9.77. The molecule has 0 saturated heterocycles. The Hall–Kier alpha value is -0.960. The van der Waals surface area contributed by atoms with Crippen LogP contribution in [0.15, 0.2) is 18.2 Å². The standard InChI is InChI=1S/C19H28F2O/c20-18-9-6-8-17(19(18)21)16-12-10-15(11-13-16)7-4-2-1-3-5-14-22/h6,8-9,15-16,22H,1-5,7,10-14H2/t15-,16-. The van der Waals surface area contributed by atoms with E-state index in [1.165, 1.54) is 31.7 Å². The minimum absolute atomic E-state index is 0.191. The fraction of sp³-hybridized carbons (Fsp3) is 0.684. The van der Waals surface area contributed by atoms with E-state index >= 15 is 0 Å². The molecule has 0 aliphatic heterocycles. The molecule has 1 nitrogen and oxygen atoms in total. The molecule has 1 aliphatic carbocycles. The van der Waals surface area contributed by atoms with Crippen molar-refractivity contribution in [1.82, 2.24) is 0 Å². The van der Waals surface area contributed by atoms with Gasteiger partial charge in [-0.15, -0.1) is 0 Å². The van der Waals surface area contributed by atoms with Gasteiger partial charge in [-0.2, -0.15) is 0 Å². The number of aliphatic hydroxyl groups is 1. The first-order valence-electron chi connectivity index (χ1n) is 8.77. The highest BCUT2D eigenvalue weighted by Gasteiger charge is 2.24. The van der Waals surface area contributed by atoms with Gasteiger partial charge in [0.25, 0.3) is 0 Å². The lowest BCUT2D eigenvalue weighted by molar-refractivity contribution is 0.279. The van der Waals surface area contributed by atoms with Gasteiger partial charge in [-0.05, 0) is 55.6 Å². The van der Waals surface area contributed by atoms with Crippen molar-refractivity contribution in [2.45, 2.75) is 70.1 Å². The molecule has 0 heterocycles. The van der Waals surface area contributed by atoms with E-state index in [-0.39, 0.29) is 5.92 Å². The van der Waals surface area contributed by atoms with Crippen molar-refractivity contribution in [2.24, 2.45) is 5.92 Å². The minimum atomic E-state index is -0.720. The van der Waals surface area contributed by atoms with Crippen molar-refractivity contribution in [3.8, 4) is 0 Å². The van der Waals surface area contributed by atoms with Gasteiger partial charge in [0.05, 0.1) is 0 Å². The van der Waals surface area contributed by atoms with Crippen molar-refractivity contribution in [3.63, 3.8) is 0 Å². The van der Waals surface area contributed by atoms with Gasteiger partial charge in [-0.1, -0.05) is 44.2 Å². The van der Waals surface area contributed by atoms with Gasteiger partial charge in [-0.3, -0.25) is 0 Å². The second kappa shape index (κ2) is 9.24. The lowest BCUT2D eigenvalue weighted by Crippen LogP contribution is -2.14. The maximum absolute atomic E-state index is 13.8. The topological polar surface area (TPSA) is 20.2 Å². The molecule has 1 N–H and O–H groups in total. The molecule has 124 valence electrons. The second-order valence-corrected chi connectivity index (χ2v) is 6.64. The molecule has 0 bridgehead atoms. The maximum Gasteiger partial charge on any atom is 0.162 e. The van der Waals surface area contributed by atoms with E-state index < -0.39 is 11.6 Å². The van der Waals surface area contributed by atoms with E-state index in [9.17, 15) is 8.78 Å². The van der Waals surface area contributed by atoms with Gasteiger partial charge >= 0.3 is 0 Å². The van der Waals surface area contributed by atoms with Crippen molar-refractivity contribution in [1.29, 1.82) is 0 Å². The van der Waals surface area contributed by atoms with Crippen molar-refractivity contribution in [2.75, 3.05) is 6.61 Å². The molecule has 0 unspecified atom stereocenters. The third-order valence-electron chi connectivity index (χ3n) is 5.04. The lowest BCUT2D eigenvalue weighted by Gasteiger charge is -2.29. The Balaban J connectivity index is 1.68. The van der Waals surface area contributed by atoms with Crippen molar-refractivity contribution >= 4 is 0 Å². The Morgan fingerprint density at radius 1 is 0.909 bits per heavy atom. The third kappa shape index (κ3) is 5.05. The van der Waals surface area contributed by atoms with Gasteiger partial charge in [0.2, 0.25) is 0 Å². The number of halogens is 2. The Morgan fingerprint density at radius 2 is 1.59 bits per heavy atom. The summed E-state index contributed by atoms with van der Waals surface area (Å²) in [5.74, 6) is -0.417. The summed E-state index contributed by atoms with van der Waals surface area (Å²) in [6.45, 7) is 0.306. The Morgan fingerprint density at radius 3 is 2.32 bits per heavy atom. The number of rotatable bonds is 8. The average molecular weight is 310 g/mol. The molecule has 0 spiro atoms. The highest BCUT2D eigenvalue weighted by molar-refractivity contribution is 5.23. The molecular formula is C19H28F2O. The number of aliphatic hydroxyl groups excluding tert-OH is 1. The average Bonchev–Trinajstić information content (AvgIpc) is 2.54. The highest BCUT2D eigenvalue weighted by Crippen LogP contribution is 2.38. The predicted molar refractivity (Wildman–Crippen MR) is 85.8 cm³/mol. The van der Waals surface area contributed by atoms with Crippen LogP contribution in [0.5, 0.6) is 0 Å². The number of hydrogen-bond donors (Lipinski definition) is 1. The summed E-state index contributed by atoms with van der Waals surface area (Å²) < 4.78 is 27.2. The summed E-state index contributed by atoms with van der Waals surface area (Å²) >= 11 is 0. The van der Waals surface area contributed by atoms with Crippen LogP contribution >= 0.6 is 0 Å². The fourth-order valence-corrected chi connectivity index (χ4v) is 3.67. The highest BCUT2D eigenvalue weighted by atomic mass is 19.2. The van der Waals surface area contributed by atoms with E-state index in [0.717, 1.165) is 44.4 Å². The molecule has 2 rings (SSSR count). The Bertz CT molecular complexity index is 439. The molecule has 0 atom stereocenters. The van der Waals surface area contributed by atoms with E-state index in [1.807, 2.05) is 0 Å². The summed E-state index contributed by atoms with van der Waals surface area (Å²) in [6.07, 6.45) is 11.3. The zero-order chi connectivity index (χ0) is 15.8. The molecule has 1 aliphatic rings. The van der Waals surface area contributed by atoms with Crippen LogP contribution in [0.3, 0.4) is 0 Å². The first-order valence-corrected chi connectivity index (χ1v) is 8.77. The largest absolute Gasteiger partial charge is 0.396 e. The Labute approximate surface area is 132 Å². The van der Waals surface area contributed by atoms with Crippen LogP contribution in [0.25, 0.3) is 0 Å². The van der Waals surface area contributed by atoms with Gasteiger partial charge in [-0.25, -0.2) is 8.78 Å². The summed E-state index contributed by atoms with van der Waals surface area (Å²) in [7, 11) is 0. The fourth-order valence-electron chi connectivity index (χ4n) is 3.67. The molecule has 1 saturated carbocycles. The SMILES string of the molecule is OCCCCCCC[C@H]1CC[C@H](c2cccc(F)c2F)CC1. The van der Waals surface area contributed by atoms with Crippen LogP contribution in [-0.4, -0.2) is 11.7 Å². The van der Waals surface area contributed by atoms with Gasteiger partial charge in [0, 0.05) is 6.61 Å². The van der Waals surface area contributed by atoms with Crippen molar-refractivity contribution in [3.05, 3.63) is 35.4 Å². The first-order chi connectivity index (χ1) is 10.7. The summed E-state index contributed by atoms with van der Waals surface area (Å²) in [5, 5.41) is 8.73. The Kier molecular flexibility index (Phi) is 7.31. The van der Waals surface area contributed by atoms with E-state index in [1.54, 1.807) is 12.1 Å². The molecule has 0 amide bonds. The van der Waals surface area contributed by atoms with E-state index in [2.05, 4.69) is 0 Å². The van der Waals surface area contributed by atoms with Crippen LogP contribution in [0.1, 0.15) is 75.7 Å². The molecule has 1 fully saturated rings. The van der Waals surface area contributed by atoms with Gasteiger partial charge in [0.1, 0.15) is 0 Å². The molecule has 22 heavy (non-hydrogen) atoms. The number of unbranched alkanes of at least 4 members (excludes halogenated alkanes) is 4. The maximum atomic E-state index is 13.8. The van der Waals surface area contributed by atoms with Crippen LogP contribution in [0, 0.1) is 17.6 Å². The molecular weight excluding hydrogens is 282 g/mol. The monoisotopic (exact) mass is 310 g/mol. The molecule has 0 radical (unpaired) electrons.